The Morgan fingerprint density at radius 2 is 1.79 bits per heavy atom. The first-order valence-electron chi connectivity index (χ1n) is 20.4. The molecule has 5 aliphatic heterocycles. The van der Waals surface area contributed by atoms with Crippen LogP contribution in [-0.2, 0) is 46.0 Å². The number of nitrogens with one attached hydrogen (secondary N) is 1. The van der Waals surface area contributed by atoms with Gasteiger partial charge in [-0.05, 0) is 73.5 Å². The monoisotopic (exact) mass is 856 g/mol. The molecule has 2 bridgehead atoms. The number of carbonyl (C=O) groups excluding carboxylic acids is 3. The quantitative estimate of drug-likeness (QED) is 0.177. The minimum atomic E-state index is -2.28. The van der Waals surface area contributed by atoms with Crippen molar-refractivity contribution < 1.29 is 38.4 Å². The molecule has 6 heterocycles. The summed E-state index contributed by atoms with van der Waals surface area (Å²) in [4.78, 5) is 53.2. The van der Waals surface area contributed by atoms with E-state index in [0.29, 0.717) is 50.2 Å². The average molecular weight is 858 g/mol. The van der Waals surface area contributed by atoms with Crippen LogP contribution in [0.25, 0.3) is 10.9 Å². The molecule has 6 aliphatic rings. The first kappa shape index (κ1) is 39.3. The molecule has 2 N–H and O–H groups in total. The van der Waals surface area contributed by atoms with E-state index in [1.54, 1.807) is 7.11 Å². The number of ether oxygens (including phenoxy) is 4. The summed E-state index contributed by atoms with van der Waals surface area (Å²) in [5.41, 5.74) is 0.912. The number of hydrogen-bond donors (Lipinski definition) is 2. The van der Waals surface area contributed by atoms with Crippen LogP contribution in [0, 0.1) is 11.3 Å². The van der Waals surface area contributed by atoms with E-state index in [0.717, 1.165) is 57.4 Å². The third kappa shape index (κ3) is 4.99. The minimum absolute atomic E-state index is 0.0161. The number of benzene rings is 2. The number of esters is 3. The lowest BCUT2D eigenvalue weighted by molar-refractivity contribution is -0.228. The van der Waals surface area contributed by atoms with E-state index >= 15 is 4.79 Å². The summed E-state index contributed by atoms with van der Waals surface area (Å²) in [6, 6.07) is 9.08. The van der Waals surface area contributed by atoms with E-state index < -0.39 is 51.9 Å². The molecule has 1 unspecified atom stereocenters. The molecule has 13 heteroatoms. The van der Waals surface area contributed by atoms with Gasteiger partial charge in [0.05, 0.1) is 27.4 Å². The fourth-order valence-electron chi connectivity index (χ4n) is 12.9. The zero-order chi connectivity index (χ0) is 41.1. The number of carbonyl (C=O) groups is 3. The number of aromatic nitrogens is 1. The zero-order valence-electron chi connectivity index (χ0n) is 34.3. The van der Waals surface area contributed by atoms with Gasteiger partial charge in [0.1, 0.15) is 11.2 Å². The van der Waals surface area contributed by atoms with Crippen molar-refractivity contribution in [2.24, 2.45) is 11.3 Å². The van der Waals surface area contributed by atoms with Crippen LogP contribution in [0.2, 0.25) is 0 Å². The van der Waals surface area contributed by atoms with Gasteiger partial charge in [-0.1, -0.05) is 53.6 Å². The number of aliphatic hydroxyl groups is 1. The highest BCUT2D eigenvalue weighted by Crippen LogP contribution is 2.68. The van der Waals surface area contributed by atoms with E-state index in [1.165, 1.54) is 26.7 Å². The smallest absolute Gasteiger partial charge is 0.344 e. The standard InChI is InChI=1S/C45H53BrN4O8/c1-8-26-17-27-21-44(40(52)56-6,36-30(24-49(22-26)23-27)29-18-28(46)11-12-33(29)47-36)32-19-31-34(20-35(32)55-5)48(4)38-43(31)14-16-50-15-10-13-42(9-2,37(43)50)39(58-25(3)51)45(38,54)41(53)57-7/h10-13,17-20,27,37-39,47,54H,8-9,14-16,21-24H2,1-7H3/t27-,37+,38-,39-,42-,43-,44+,45+/m1/s1. The van der Waals surface area contributed by atoms with Crippen molar-refractivity contribution in [3.8, 4) is 5.75 Å². The summed E-state index contributed by atoms with van der Waals surface area (Å²) >= 11 is 3.72. The molecular weight excluding hydrogens is 804 g/mol. The van der Waals surface area contributed by atoms with Crippen LogP contribution in [0.5, 0.6) is 5.75 Å². The number of H-pyrrole nitrogens is 1. The molecular formula is C45H53BrN4O8. The number of halogens is 1. The van der Waals surface area contributed by atoms with Crippen LogP contribution in [-0.4, -0.2) is 116 Å². The summed E-state index contributed by atoms with van der Waals surface area (Å²) in [6.45, 7) is 9.13. The number of rotatable bonds is 7. The van der Waals surface area contributed by atoms with Gasteiger partial charge in [0.15, 0.2) is 6.10 Å². The third-order valence-electron chi connectivity index (χ3n) is 14.8. The van der Waals surface area contributed by atoms with Gasteiger partial charge in [-0.2, -0.15) is 0 Å². The van der Waals surface area contributed by atoms with Crippen LogP contribution < -0.4 is 9.64 Å². The molecule has 3 aromatic rings. The molecule has 9 atom stereocenters. The highest BCUT2D eigenvalue weighted by Gasteiger charge is 2.80. The van der Waals surface area contributed by atoms with Gasteiger partial charge in [-0.3, -0.25) is 19.4 Å². The number of nitrogens with zero attached hydrogens (tertiary/aromatic N) is 3. The Labute approximate surface area is 347 Å². The Hall–Kier alpha value is -4.17. The maximum atomic E-state index is 15.2. The van der Waals surface area contributed by atoms with Crippen molar-refractivity contribution >= 4 is 50.4 Å². The molecule has 2 aromatic carbocycles. The highest BCUT2D eigenvalue weighted by molar-refractivity contribution is 9.10. The Morgan fingerprint density at radius 1 is 1.02 bits per heavy atom. The molecule has 1 aromatic heterocycles. The summed E-state index contributed by atoms with van der Waals surface area (Å²) in [5, 5.41) is 14.3. The van der Waals surface area contributed by atoms with E-state index in [-0.39, 0.29) is 12.0 Å². The summed E-state index contributed by atoms with van der Waals surface area (Å²) < 4.78 is 24.9. The fourth-order valence-corrected chi connectivity index (χ4v) is 13.2. The predicted molar refractivity (Wildman–Crippen MR) is 222 cm³/mol. The predicted octanol–water partition coefficient (Wildman–Crippen LogP) is 5.52. The number of fused-ring (bicyclic) bond motifs is 6. The molecule has 9 rings (SSSR count). The first-order valence-corrected chi connectivity index (χ1v) is 21.2. The summed E-state index contributed by atoms with van der Waals surface area (Å²) in [5.74, 6) is -1.35. The zero-order valence-corrected chi connectivity index (χ0v) is 35.9. The third-order valence-corrected chi connectivity index (χ3v) is 15.3. The largest absolute Gasteiger partial charge is 0.496 e. The fraction of sp³-hybridized carbons (Fsp3) is 0.533. The Bertz CT molecular complexity index is 2310. The summed E-state index contributed by atoms with van der Waals surface area (Å²) in [6.07, 6.45) is 7.63. The van der Waals surface area contributed by atoms with Crippen molar-refractivity contribution in [1.82, 2.24) is 14.8 Å². The van der Waals surface area contributed by atoms with E-state index in [1.807, 2.05) is 37.1 Å². The second-order valence-electron chi connectivity index (χ2n) is 17.3. The SMILES string of the molecule is CCC1=C[C@H]2CN(C1)Cc1c([nH]c3ccc(Br)cc13)[C@@](C(=O)OC)(c1cc3c(cc1OC)N(C)[C@H]1[C@@](O)(C(=O)OC)[C@H](OC(C)=O)[C@]4(CC)C=CCN5CC[C@]31[C@@H]54)C2. The van der Waals surface area contributed by atoms with Crippen molar-refractivity contribution in [1.29, 1.82) is 0 Å². The summed E-state index contributed by atoms with van der Waals surface area (Å²) in [7, 11) is 6.21. The van der Waals surface area contributed by atoms with Crippen LogP contribution in [0.15, 0.2) is 58.6 Å². The molecule has 1 spiro atoms. The van der Waals surface area contributed by atoms with Crippen LogP contribution in [0.3, 0.4) is 0 Å². The van der Waals surface area contributed by atoms with E-state index in [4.69, 9.17) is 18.9 Å². The minimum Gasteiger partial charge on any atom is -0.496 e. The molecule has 0 radical (unpaired) electrons. The number of anilines is 1. The number of aromatic amines is 1. The van der Waals surface area contributed by atoms with Crippen molar-refractivity contribution in [3.63, 3.8) is 0 Å². The Balaban J connectivity index is 1.37. The Kier molecular flexibility index (Phi) is 9.27. The van der Waals surface area contributed by atoms with Gasteiger partial charge in [0.25, 0.3) is 0 Å². The van der Waals surface area contributed by atoms with Crippen molar-refractivity contribution in [2.45, 2.75) is 87.6 Å². The van der Waals surface area contributed by atoms with Crippen molar-refractivity contribution in [2.75, 3.05) is 59.5 Å². The molecule has 58 heavy (non-hydrogen) atoms. The maximum absolute atomic E-state index is 15.2. The first-order chi connectivity index (χ1) is 27.8. The second kappa shape index (κ2) is 13.7. The maximum Gasteiger partial charge on any atom is 0.344 e. The van der Waals surface area contributed by atoms with Gasteiger partial charge in [-0.25, -0.2) is 4.79 Å². The van der Waals surface area contributed by atoms with Gasteiger partial charge in [0, 0.05) is 95.4 Å². The molecule has 12 nitrogen and oxygen atoms in total. The Morgan fingerprint density at radius 3 is 2.48 bits per heavy atom. The van der Waals surface area contributed by atoms with Crippen LogP contribution in [0.1, 0.15) is 68.8 Å². The van der Waals surface area contributed by atoms with Gasteiger partial charge >= 0.3 is 17.9 Å². The van der Waals surface area contributed by atoms with Crippen molar-refractivity contribution in [3.05, 3.63) is 81.0 Å². The molecule has 2 fully saturated rings. The van der Waals surface area contributed by atoms with Crippen LogP contribution in [0.4, 0.5) is 5.69 Å². The number of hydrogen-bond acceptors (Lipinski definition) is 11. The lowest BCUT2D eigenvalue weighted by atomic mass is 9.47. The molecule has 1 saturated carbocycles. The van der Waals surface area contributed by atoms with Crippen LogP contribution >= 0.6 is 15.9 Å². The number of methoxy groups -OCH3 is 3. The average Bonchev–Trinajstić information content (AvgIpc) is 3.86. The molecule has 308 valence electrons. The van der Waals surface area contributed by atoms with Gasteiger partial charge in [-0.15, -0.1) is 0 Å². The molecule has 0 amide bonds. The highest BCUT2D eigenvalue weighted by atomic mass is 79.9. The van der Waals surface area contributed by atoms with E-state index in [2.05, 4.69) is 68.0 Å². The topological polar surface area (TPSA) is 134 Å². The second-order valence-corrected chi connectivity index (χ2v) is 18.2. The van der Waals surface area contributed by atoms with E-state index in [9.17, 15) is 14.7 Å². The van der Waals surface area contributed by atoms with Gasteiger partial charge < -0.3 is 33.9 Å². The lowest BCUT2D eigenvalue weighted by Crippen LogP contribution is -2.81. The lowest BCUT2D eigenvalue weighted by Gasteiger charge is -2.63. The molecule has 1 aliphatic carbocycles. The van der Waals surface area contributed by atoms with Gasteiger partial charge in [0.2, 0.25) is 5.60 Å². The number of likely N-dealkylation sites (N-methyl/N-ethyl adjacent to an activating group) is 1. The molecule has 1 saturated heterocycles. The normalized spacial score (nSPS) is 34.5.